The molecule has 2 unspecified atom stereocenters. The molecule has 118 valence electrons. The zero-order valence-electron chi connectivity index (χ0n) is 12.5. The Hall–Kier alpha value is -0.430. The standard InChI is InChI=1S/C15H23BrN2O2S/c1-11-8-13(16)5-6-14(11)15(17)9-12-4-3-7-18(10-12)21(2,19)20/h5-6,8,12,15H,3-4,7,9-10,17H2,1-2H3. The number of rotatable bonds is 4. The minimum atomic E-state index is -3.09. The minimum absolute atomic E-state index is 0.0392. The lowest BCUT2D eigenvalue weighted by Gasteiger charge is -2.32. The van der Waals surface area contributed by atoms with Gasteiger partial charge in [-0.25, -0.2) is 12.7 Å². The highest BCUT2D eigenvalue weighted by atomic mass is 79.9. The molecule has 1 saturated heterocycles. The average Bonchev–Trinajstić information content (AvgIpc) is 2.37. The van der Waals surface area contributed by atoms with Crippen molar-refractivity contribution in [3.8, 4) is 0 Å². The van der Waals surface area contributed by atoms with Gasteiger partial charge in [0.05, 0.1) is 6.26 Å². The maximum absolute atomic E-state index is 11.7. The molecule has 6 heteroatoms. The fourth-order valence-corrected chi connectivity index (χ4v) is 4.48. The van der Waals surface area contributed by atoms with Crippen LogP contribution in [0, 0.1) is 12.8 Å². The third-order valence-electron chi connectivity index (χ3n) is 4.17. The predicted octanol–water partition coefficient (Wildman–Crippen LogP) is 2.82. The summed E-state index contributed by atoms with van der Waals surface area (Å²) < 4.78 is 26.0. The zero-order valence-corrected chi connectivity index (χ0v) is 15.0. The van der Waals surface area contributed by atoms with Crippen LogP contribution >= 0.6 is 15.9 Å². The van der Waals surface area contributed by atoms with Gasteiger partial charge in [-0.15, -0.1) is 0 Å². The molecule has 0 radical (unpaired) electrons. The summed E-state index contributed by atoms with van der Waals surface area (Å²) in [6.07, 6.45) is 4.09. The van der Waals surface area contributed by atoms with Gasteiger partial charge in [-0.2, -0.15) is 0 Å². The van der Waals surface area contributed by atoms with E-state index in [1.165, 1.54) is 11.8 Å². The van der Waals surface area contributed by atoms with Crippen LogP contribution < -0.4 is 5.73 Å². The zero-order chi connectivity index (χ0) is 15.6. The number of piperidine rings is 1. The Morgan fingerprint density at radius 1 is 1.48 bits per heavy atom. The topological polar surface area (TPSA) is 63.4 Å². The van der Waals surface area contributed by atoms with Gasteiger partial charge in [0.25, 0.3) is 0 Å². The molecule has 2 atom stereocenters. The molecule has 0 bridgehead atoms. The largest absolute Gasteiger partial charge is 0.324 e. The fourth-order valence-electron chi connectivity index (χ4n) is 3.06. The molecule has 1 heterocycles. The highest BCUT2D eigenvalue weighted by Crippen LogP contribution is 2.29. The van der Waals surface area contributed by atoms with Crippen molar-refractivity contribution in [2.24, 2.45) is 11.7 Å². The molecule has 0 aromatic heterocycles. The fraction of sp³-hybridized carbons (Fsp3) is 0.600. The van der Waals surface area contributed by atoms with E-state index in [0.29, 0.717) is 19.0 Å². The first kappa shape index (κ1) is 16.9. The van der Waals surface area contributed by atoms with E-state index in [4.69, 9.17) is 5.73 Å². The Balaban J connectivity index is 2.03. The first-order valence-corrected chi connectivity index (χ1v) is 9.88. The number of benzene rings is 1. The molecule has 1 aliphatic rings. The van der Waals surface area contributed by atoms with Crippen molar-refractivity contribution >= 4 is 26.0 Å². The molecule has 1 fully saturated rings. The predicted molar refractivity (Wildman–Crippen MR) is 89.6 cm³/mol. The Morgan fingerprint density at radius 2 is 2.19 bits per heavy atom. The lowest BCUT2D eigenvalue weighted by atomic mass is 9.88. The lowest BCUT2D eigenvalue weighted by Crippen LogP contribution is -2.40. The van der Waals surface area contributed by atoms with Crippen molar-refractivity contribution in [2.75, 3.05) is 19.3 Å². The quantitative estimate of drug-likeness (QED) is 0.880. The van der Waals surface area contributed by atoms with Crippen LogP contribution in [0.3, 0.4) is 0 Å². The van der Waals surface area contributed by atoms with Crippen molar-refractivity contribution < 1.29 is 8.42 Å². The second kappa shape index (κ2) is 6.77. The van der Waals surface area contributed by atoms with Crippen molar-refractivity contribution in [3.05, 3.63) is 33.8 Å². The molecule has 1 aliphatic heterocycles. The summed E-state index contributed by atoms with van der Waals surface area (Å²) in [6, 6.07) is 6.09. The molecule has 0 saturated carbocycles. The molecule has 1 aromatic rings. The Bertz CT molecular complexity index is 604. The maximum Gasteiger partial charge on any atom is 0.211 e. The first-order valence-electron chi connectivity index (χ1n) is 7.24. The minimum Gasteiger partial charge on any atom is -0.324 e. The lowest BCUT2D eigenvalue weighted by molar-refractivity contribution is 0.247. The van der Waals surface area contributed by atoms with E-state index in [1.54, 1.807) is 4.31 Å². The molecular formula is C15H23BrN2O2S. The van der Waals surface area contributed by atoms with Crippen LogP contribution in [0.15, 0.2) is 22.7 Å². The molecule has 2 N–H and O–H groups in total. The van der Waals surface area contributed by atoms with Gasteiger partial charge in [-0.3, -0.25) is 0 Å². The maximum atomic E-state index is 11.7. The Kier molecular flexibility index (Phi) is 5.46. The van der Waals surface area contributed by atoms with Crippen molar-refractivity contribution in [1.82, 2.24) is 4.31 Å². The van der Waals surface area contributed by atoms with Gasteiger partial charge < -0.3 is 5.73 Å². The average molecular weight is 375 g/mol. The van der Waals surface area contributed by atoms with Gasteiger partial charge in [0.2, 0.25) is 10.0 Å². The van der Waals surface area contributed by atoms with E-state index in [-0.39, 0.29) is 6.04 Å². The third kappa shape index (κ3) is 4.52. The Labute approximate surface area is 135 Å². The second-order valence-corrected chi connectivity index (χ2v) is 8.87. The van der Waals surface area contributed by atoms with Gasteiger partial charge in [0.15, 0.2) is 0 Å². The molecule has 0 amide bonds. The van der Waals surface area contributed by atoms with E-state index in [2.05, 4.69) is 35.0 Å². The summed E-state index contributed by atoms with van der Waals surface area (Å²) in [5.41, 5.74) is 8.67. The number of hydrogen-bond donors (Lipinski definition) is 1. The second-order valence-electron chi connectivity index (χ2n) is 5.97. The summed E-state index contributed by atoms with van der Waals surface area (Å²) >= 11 is 3.46. The van der Waals surface area contributed by atoms with Gasteiger partial charge in [0, 0.05) is 23.6 Å². The number of nitrogens with zero attached hydrogens (tertiary/aromatic N) is 1. The molecule has 4 nitrogen and oxygen atoms in total. The van der Waals surface area contributed by atoms with Gasteiger partial charge in [-0.1, -0.05) is 22.0 Å². The van der Waals surface area contributed by atoms with Crippen LogP contribution in [0.2, 0.25) is 0 Å². The monoisotopic (exact) mass is 374 g/mol. The summed E-state index contributed by atoms with van der Waals surface area (Å²) in [5.74, 6) is 0.339. The molecule has 2 rings (SSSR count). The van der Waals surface area contributed by atoms with E-state index in [1.807, 2.05) is 6.07 Å². The smallest absolute Gasteiger partial charge is 0.211 e. The van der Waals surface area contributed by atoms with Crippen LogP contribution in [0.4, 0.5) is 0 Å². The number of halogens is 1. The summed E-state index contributed by atoms with van der Waals surface area (Å²) in [5, 5.41) is 0. The van der Waals surface area contributed by atoms with Crippen molar-refractivity contribution in [1.29, 1.82) is 0 Å². The summed E-state index contributed by atoms with van der Waals surface area (Å²) in [7, 11) is -3.09. The SMILES string of the molecule is Cc1cc(Br)ccc1C(N)CC1CCCN(S(C)(=O)=O)C1. The third-order valence-corrected chi connectivity index (χ3v) is 5.93. The summed E-state index contributed by atoms with van der Waals surface area (Å²) in [6.45, 7) is 3.30. The van der Waals surface area contributed by atoms with E-state index >= 15 is 0 Å². The summed E-state index contributed by atoms with van der Waals surface area (Å²) in [4.78, 5) is 0. The van der Waals surface area contributed by atoms with Crippen LogP contribution in [0.1, 0.15) is 36.4 Å². The molecular weight excluding hydrogens is 352 g/mol. The van der Waals surface area contributed by atoms with Crippen LogP contribution in [-0.4, -0.2) is 32.1 Å². The highest BCUT2D eigenvalue weighted by molar-refractivity contribution is 9.10. The molecule has 0 spiro atoms. The first-order chi connectivity index (χ1) is 9.77. The van der Waals surface area contributed by atoms with E-state index < -0.39 is 10.0 Å². The number of aryl methyl sites for hydroxylation is 1. The van der Waals surface area contributed by atoms with Crippen molar-refractivity contribution in [3.63, 3.8) is 0 Å². The Morgan fingerprint density at radius 3 is 2.81 bits per heavy atom. The van der Waals surface area contributed by atoms with Crippen LogP contribution in [0.5, 0.6) is 0 Å². The number of nitrogens with two attached hydrogens (primary N) is 1. The molecule has 1 aromatic carbocycles. The number of hydrogen-bond acceptors (Lipinski definition) is 3. The van der Waals surface area contributed by atoms with Gasteiger partial charge in [0.1, 0.15) is 0 Å². The van der Waals surface area contributed by atoms with Gasteiger partial charge >= 0.3 is 0 Å². The van der Waals surface area contributed by atoms with Crippen LogP contribution in [-0.2, 0) is 10.0 Å². The van der Waals surface area contributed by atoms with E-state index in [9.17, 15) is 8.42 Å². The number of sulfonamides is 1. The van der Waals surface area contributed by atoms with Crippen LogP contribution in [0.25, 0.3) is 0 Å². The van der Waals surface area contributed by atoms with Crippen molar-refractivity contribution in [2.45, 2.75) is 32.2 Å². The molecule has 21 heavy (non-hydrogen) atoms. The molecule has 0 aliphatic carbocycles. The van der Waals surface area contributed by atoms with E-state index in [0.717, 1.165) is 29.3 Å². The highest BCUT2D eigenvalue weighted by Gasteiger charge is 2.27. The normalized spacial score (nSPS) is 22.2. The van der Waals surface area contributed by atoms with Gasteiger partial charge in [-0.05, 0) is 55.4 Å².